The molecule has 0 aliphatic carbocycles. The normalized spacial score (nSPS) is 9.81. The average molecular weight is 212 g/mol. The van der Waals surface area contributed by atoms with Gasteiger partial charge >= 0.3 is 0 Å². The quantitative estimate of drug-likeness (QED) is 0.728. The second-order valence-corrected chi connectivity index (χ2v) is 3.48. The van der Waals surface area contributed by atoms with Gasteiger partial charge in [0, 0.05) is 17.3 Å². The van der Waals surface area contributed by atoms with Crippen molar-refractivity contribution in [3.05, 3.63) is 53.6 Å². The maximum absolute atomic E-state index is 13.8. The molecule has 0 N–H and O–H groups in total. The summed E-state index contributed by atoms with van der Waals surface area (Å²) in [6.45, 7) is 1.72. The molecule has 0 saturated heterocycles. The summed E-state index contributed by atoms with van der Waals surface area (Å²) in [5.74, 6) is -0.242. The Morgan fingerprint density at radius 1 is 1.25 bits per heavy atom. The fraction of sp³-hybridized carbons (Fsp3) is 0.0769. The van der Waals surface area contributed by atoms with Gasteiger partial charge in [0.2, 0.25) is 0 Å². The highest BCUT2D eigenvalue weighted by Gasteiger charge is 2.07. The Labute approximate surface area is 93.0 Å². The van der Waals surface area contributed by atoms with Crippen molar-refractivity contribution < 1.29 is 4.39 Å². The lowest BCUT2D eigenvalue weighted by Crippen LogP contribution is -1.89. The van der Waals surface area contributed by atoms with Crippen LogP contribution in [0.25, 0.3) is 11.1 Å². The van der Waals surface area contributed by atoms with Crippen LogP contribution in [0.3, 0.4) is 0 Å². The number of pyridine rings is 1. The number of nitrogens with zero attached hydrogens (tertiary/aromatic N) is 2. The van der Waals surface area contributed by atoms with Crippen molar-refractivity contribution in [2.24, 2.45) is 0 Å². The van der Waals surface area contributed by atoms with E-state index >= 15 is 0 Å². The molecule has 0 bridgehead atoms. The Bertz CT molecular complexity index is 553. The first-order chi connectivity index (χ1) is 7.72. The summed E-state index contributed by atoms with van der Waals surface area (Å²) < 4.78 is 13.8. The molecule has 0 saturated carbocycles. The van der Waals surface area contributed by atoms with Gasteiger partial charge in [-0.25, -0.2) is 9.37 Å². The monoisotopic (exact) mass is 212 g/mol. The average Bonchev–Trinajstić information content (AvgIpc) is 2.33. The van der Waals surface area contributed by atoms with E-state index in [1.165, 1.54) is 6.20 Å². The zero-order chi connectivity index (χ0) is 11.5. The predicted octanol–water partition coefficient (Wildman–Crippen LogP) is 3.07. The maximum Gasteiger partial charge on any atom is 0.140 e. The number of nitriles is 1. The van der Waals surface area contributed by atoms with Crippen molar-refractivity contribution in [2.75, 3.05) is 0 Å². The van der Waals surface area contributed by atoms with E-state index in [-0.39, 0.29) is 5.82 Å². The Kier molecular flexibility index (Phi) is 2.65. The van der Waals surface area contributed by atoms with Crippen molar-refractivity contribution in [3.63, 3.8) is 0 Å². The number of benzene rings is 1. The summed E-state index contributed by atoms with van der Waals surface area (Å²) >= 11 is 0. The van der Waals surface area contributed by atoms with Gasteiger partial charge in [0.1, 0.15) is 17.6 Å². The fourth-order valence-corrected chi connectivity index (χ4v) is 1.49. The summed E-state index contributed by atoms with van der Waals surface area (Å²) in [5.41, 5.74) is 2.12. The smallest absolute Gasteiger partial charge is 0.140 e. The molecule has 3 heteroatoms. The molecule has 0 unspecified atom stereocenters. The Balaban J connectivity index is 2.51. The van der Waals surface area contributed by atoms with Gasteiger partial charge < -0.3 is 0 Å². The van der Waals surface area contributed by atoms with Crippen LogP contribution in [0.1, 0.15) is 11.3 Å². The number of aromatic nitrogens is 1. The molecular formula is C13H9FN2. The number of halogens is 1. The van der Waals surface area contributed by atoms with Crippen LogP contribution < -0.4 is 0 Å². The van der Waals surface area contributed by atoms with Crippen LogP contribution in [0, 0.1) is 24.1 Å². The van der Waals surface area contributed by atoms with Gasteiger partial charge in [0.25, 0.3) is 0 Å². The molecule has 0 aliphatic rings. The zero-order valence-corrected chi connectivity index (χ0v) is 8.74. The van der Waals surface area contributed by atoms with E-state index in [1.807, 2.05) is 6.07 Å². The molecule has 0 atom stereocenters. The van der Waals surface area contributed by atoms with E-state index in [1.54, 1.807) is 37.3 Å². The van der Waals surface area contributed by atoms with Crippen molar-refractivity contribution in [1.29, 1.82) is 5.26 Å². The highest BCUT2D eigenvalue weighted by molar-refractivity contribution is 5.64. The number of hydrogen-bond donors (Lipinski definition) is 0. The van der Waals surface area contributed by atoms with Gasteiger partial charge in [-0.15, -0.1) is 0 Å². The van der Waals surface area contributed by atoms with Gasteiger partial charge in [0.15, 0.2) is 0 Å². The van der Waals surface area contributed by atoms with E-state index in [0.29, 0.717) is 22.4 Å². The SMILES string of the molecule is Cc1cccc(-c2ccc(C#N)nc2)c1F. The minimum Gasteiger partial charge on any atom is -0.245 e. The topological polar surface area (TPSA) is 36.7 Å². The third kappa shape index (κ3) is 1.78. The van der Waals surface area contributed by atoms with E-state index in [0.717, 1.165) is 0 Å². The Hall–Kier alpha value is -2.21. The van der Waals surface area contributed by atoms with Gasteiger partial charge in [-0.1, -0.05) is 18.2 Å². The molecule has 2 rings (SSSR count). The van der Waals surface area contributed by atoms with Crippen molar-refractivity contribution in [2.45, 2.75) is 6.92 Å². The highest BCUT2D eigenvalue weighted by Crippen LogP contribution is 2.23. The van der Waals surface area contributed by atoms with Crippen LogP contribution in [0.5, 0.6) is 0 Å². The molecule has 0 fully saturated rings. The zero-order valence-electron chi connectivity index (χ0n) is 8.74. The second-order valence-electron chi connectivity index (χ2n) is 3.48. The van der Waals surface area contributed by atoms with Gasteiger partial charge in [-0.2, -0.15) is 5.26 Å². The summed E-state index contributed by atoms with van der Waals surface area (Å²) in [4.78, 5) is 3.92. The summed E-state index contributed by atoms with van der Waals surface area (Å²) in [5, 5.41) is 8.61. The van der Waals surface area contributed by atoms with Gasteiger partial charge in [-0.3, -0.25) is 0 Å². The molecular weight excluding hydrogens is 203 g/mol. The Morgan fingerprint density at radius 3 is 2.69 bits per heavy atom. The van der Waals surface area contributed by atoms with Gasteiger partial charge in [0.05, 0.1) is 0 Å². The second kappa shape index (κ2) is 4.11. The third-order valence-electron chi connectivity index (χ3n) is 2.38. The number of hydrogen-bond acceptors (Lipinski definition) is 2. The highest BCUT2D eigenvalue weighted by atomic mass is 19.1. The summed E-state index contributed by atoms with van der Waals surface area (Å²) in [6.07, 6.45) is 1.51. The molecule has 0 radical (unpaired) electrons. The lowest BCUT2D eigenvalue weighted by Gasteiger charge is -2.04. The number of aryl methyl sites for hydroxylation is 1. The van der Waals surface area contributed by atoms with E-state index in [9.17, 15) is 4.39 Å². The first-order valence-corrected chi connectivity index (χ1v) is 4.84. The first-order valence-electron chi connectivity index (χ1n) is 4.84. The molecule has 1 heterocycles. The first kappa shape index (κ1) is 10.3. The predicted molar refractivity (Wildman–Crippen MR) is 59.1 cm³/mol. The van der Waals surface area contributed by atoms with Crippen LogP contribution in [-0.4, -0.2) is 4.98 Å². The summed E-state index contributed by atoms with van der Waals surface area (Å²) in [7, 11) is 0. The lowest BCUT2D eigenvalue weighted by molar-refractivity contribution is 0.622. The van der Waals surface area contributed by atoms with Crippen LogP contribution in [0.15, 0.2) is 36.5 Å². The lowest BCUT2D eigenvalue weighted by atomic mass is 10.0. The van der Waals surface area contributed by atoms with Crippen molar-refractivity contribution in [1.82, 2.24) is 4.98 Å². The third-order valence-corrected chi connectivity index (χ3v) is 2.38. The van der Waals surface area contributed by atoms with Crippen LogP contribution in [-0.2, 0) is 0 Å². The molecule has 16 heavy (non-hydrogen) atoms. The van der Waals surface area contributed by atoms with Gasteiger partial charge in [-0.05, 0) is 24.6 Å². The van der Waals surface area contributed by atoms with E-state index in [4.69, 9.17) is 5.26 Å². The Morgan fingerprint density at radius 2 is 2.06 bits per heavy atom. The van der Waals surface area contributed by atoms with Crippen molar-refractivity contribution >= 4 is 0 Å². The molecule has 1 aromatic carbocycles. The van der Waals surface area contributed by atoms with Crippen LogP contribution >= 0.6 is 0 Å². The van der Waals surface area contributed by atoms with E-state index < -0.39 is 0 Å². The fourth-order valence-electron chi connectivity index (χ4n) is 1.49. The molecule has 0 spiro atoms. The summed E-state index contributed by atoms with van der Waals surface area (Å²) in [6, 6.07) is 10.4. The standard InChI is InChI=1S/C13H9FN2/c1-9-3-2-4-12(13(9)14)10-5-6-11(7-15)16-8-10/h2-6,8H,1H3. The number of rotatable bonds is 1. The molecule has 0 aliphatic heterocycles. The molecule has 2 nitrogen and oxygen atoms in total. The van der Waals surface area contributed by atoms with Crippen LogP contribution in [0.2, 0.25) is 0 Å². The molecule has 2 aromatic rings. The maximum atomic E-state index is 13.8. The van der Waals surface area contributed by atoms with Crippen LogP contribution in [0.4, 0.5) is 4.39 Å². The minimum atomic E-state index is -0.242. The van der Waals surface area contributed by atoms with E-state index in [2.05, 4.69) is 4.98 Å². The molecule has 78 valence electrons. The van der Waals surface area contributed by atoms with Crippen molar-refractivity contribution in [3.8, 4) is 17.2 Å². The molecule has 0 amide bonds. The minimum absolute atomic E-state index is 0.242. The largest absolute Gasteiger partial charge is 0.245 e. The molecule has 1 aromatic heterocycles.